The molecule has 0 radical (unpaired) electrons. The Morgan fingerprint density at radius 2 is 1.64 bits per heavy atom. The molecule has 142 valence electrons. The summed E-state index contributed by atoms with van der Waals surface area (Å²) in [7, 11) is 0. The lowest BCUT2D eigenvalue weighted by atomic mass is 10.0. The average molecular weight is 371 g/mol. The van der Waals surface area contributed by atoms with Crippen molar-refractivity contribution in [2.45, 2.75) is 25.7 Å². The highest BCUT2D eigenvalue weighted by atomic mass is 15.2. The Balaban J connectivity index is 1.35. The average Bonchev–Trinajstić information content (AvgIpc) is 3.29. The molecule has 1 saturated heterocycles. The lowest BCUT2D eigenvalue weighted by molar-refractivity contribution is 0.759. The number of hydrogen-bond acceptors (Lipinski definition) is 5. The van der Waals surface area contributed by atoms with Crippen molar-refractivity contribution >= 4 is 28.8 Å². The summed E-state index contributed by atoms with van der Waals surface area (Å²) >= 11 is 0. The number of benzene rings is 2. The molecule has 0 spiro atoms. The Labute approximate surface area is 166 Å². The molecule has 1 fully saturated rings. The molecule has 5 heteroatoms. The Morgan fingerprint density at radius 3 is 2.50 bits per heavy atom. The highest BCUT2D eigenvalue weighted by Gasteiger charge is 2.19. The van der Waals surface area contributed by atoms with Gasteiger partial charge in [-0.3, -0.25) is 0 Å². The van der Waals surface area contributed by atoms with Gasteiger partial charge < -0.3 is 15.1 Å². The van der Waals surface area contributed by atoms with E-state index in [0.717, 1.165) is 44.0 Å². The van der Waals surface area contributed by atoms with Gasteiger partial charge in [-0.05, 0) is 67.6 Å². The first kappa shape index (κ1) is 17.0. The van der Waals surface area contributed by atoms with Crippen molar-refractivity contribution in [1.29, 1.82) is 0 Å². The summed E-state index contributed by atoms with van der Waals surface area (Å²) in [6.07, 6.45) is 6.69. The Hall–Kier alpha value is -3.08. The molecular weight excluding hydrogens is 346 g/mol. The molecule has 1 N–H and O–H groups in total. The molecule has 0 aliphatic carbocycles. The maximum atomic E-state index is 4.78. The minimum Gasteiger partial charge on any atom is -0.372 e. The molecule has 3 heterocycles. The van der Waals surface area contributed by atoms with Crippen molar-refractivity contribution in [3.8, 4) is 0 Å². The summed E-state index contributed by atoms with van der Waals surface area (Å²) in [6, 6.07) is 19.2. The molecule has 2 aliphatic rings. The van der Waals surface area contributed by atoms with Crippen LogP contribution in [0.15, 0.2) is 60.8 Å². The molecule has 1 aromatic heterocycles. The van der Waals surface area contributed by atoms with Crippen molar-refractivity contribution in [2.75, 3.05) is 34.8 Å². The molecule has 3 aromatic rings. The van der Waals surface area contributed by atoms with E-state index in [1.54, 1.807) is 0 Å². The van der Waals surface area contributed by atoms with Crippen LogP contribution in [0.4, 0.5) is 28.8 Å². The molecule has 0 saturated carbocycles. The Bertz CT molecular complexity index is 947. The first-order valence-corrected chi connectivity index (χ1v) is 10.2. The van der Waals surface area contributed by atoms with E-state index in [4.69, 9.17) is 4.98 Å². The molecular formula is C23H25N5. The third-order valence-corrected chi connectivity index (χ3v) is 5.62. The van der Waals surface area contributed by atoms with Gasteiger partial charge >= 0.3 is 0 Å². The summed E-state index contributed by atoms with van der Waals surface area (Å²) in [5.74, 6) is 1.58. The maximum absolute atomic E-state index is 4.78. The van der Waals surface area contributed by atoms with Crippen LogP contribution >= 0.6 is 0 Å². The number of nitrogens with zero attached hydrogens (tertiary/aromatic N) is 4. The SMILES string of the molecule is c1ccc2c(c1)CCCN2c1ccnc(Nc2ccc(N3CCCC3)cc2)n1. The summed E-state index contributed by atoms with van der Waals surface area (Å²) in [4.78, 5) is 13.9. The van der Waals surface area contributed by atoms with Gasteiger partial charge in [-0.25, -0.2) is 4.98 Å². The minimum atomic E-state index is 0.634. The third-order valence-electron chi connectivity index (χ3n) is 5.62. The second kappa shape index (κ2) is 7.50. The van der Waals surface area contributed by atoms with E-state index in [2.05, 4.69) is 68.6 Å². The van der Waals surface area contributed by atoms with Crippen LogP contribution in [0.1, 0.15) is 24.8 Å². The van der Waals surface area contributed by atoms with E-state index in [9.17, 15) is 0 Å². The predicted molar refractivity (Wildman–Crippen MR) is 115 cm³/mol. The molecule has 5 nitrogen and oxygen atoms in total. The fourth-order valence-corrected chi connectivity index (χ4v) is 4.19. The number of aryl methyl sites for hydroxylation is 1. The van der Waals surface area contributed by atoms with Crippen LogP contribution in [0, 0.1) is 0 Å². The number of aromatic nitrogens is 2. The first-order valence-electron chi connectivity index (χ1n) is 10.2. The molecule has 2 aromatic carbocycles. The number of para-hydroxylation sites is 1. The normalized spacial score (nSPS) is 16.1. The highest BCUT2D eigenvalue weighted by molar-refractivity contribution is 5.67. The van der Waals surface area contributed by atoms with Gasteiger partial charge in [-0.1, -0.05) is 18.2 Å². The van der Waals surface area contributed by atoms with Crippen molar-refractivity contribution in [3.63, 3.8) is 0 Å². The molecule has 5 rings (SSSR count). The maximum Gasteiger partial charge on any atom is 0.229 e. The fourth-order valence-electron chi connectivity index (χ4n) is 4.19. The second-order valence-corrected chi connectivity index (χ2v) is 7.49. The van der Waals surface area contributed by atoms with Gasteiger partial charge in [0.1, 0.15) is 5.82 Å². The topological polar surface area (TPSA) is 44.3 Å². The lowest BCUT2D eigenvalue weighted by Gasteiger charge is -2.30. The van der Waals surface area contributed by atoms with Gasteiger partial charge in [-0.2, -0.15) is 4.98 Å². The van der Waals surface area contributed by atoms with Crippen LogP contribution in [-0.4, -0.2) is 29.6 Å². The number of nitrogens with one attached hydrogen (secondary N) is 1. The minimum absolute atomic E-state index is 0.634. The summed E-state index contributed by atoms with van der Waals surface area (Å²) in [6.45, 7) is 3.31. The number of hydrogen-bond donors (Lipinski definition) is 1. The van der Waals surface area contributed by atoms with Crippen molar-refractivity contribution in [2.24, 2.45) is 0 Å². The van der Waals surface area contributed by atoms with Gasteiger partial charge in [0, 0.05) is 42.9 Å². The Morgan fingerprint density at radius 1 is 0.821 bits per heavy atom. The van der Waals surface area contributed by atoms with Crippen LogP contribution in [-0.2, 0) is 6.42 Å². The van der Waals surface area contributed by atoms with Gasteiger partial charge in [-0.15, -0.1) is 0 Å². The Kier molecular flexibility index (Phi) is 4.57. The number of anilines is 5. The third kappa shape index (κ3) is 3.40. The zero-order valence-electron chi connectivity index (χ0n) is 16.0. The van der Waals surface area contributed by atoms with E-state index in [0.29, 0.717) is 5.95 Å². The largest absolute Gasteiger partial charge is 0.372 e. The van der Waals surface area contributed by atoms with E-state index >= 15 is 0 Å². The monoisotopic (exact) mass is 371 g/mol. The first-order chi connectivity index (χ1) is 13.9. The molecule has 0 amide bonds. The van der Waals surface area contributed by atoms with Crippen LogP contribution < -0.4 is 15.1 Å². The van der Waals surface area contributed by atoms with E-state index < -0.39 is 0 Å². The van der Waals surface area contributed by atoms with Crippen LogP contribution in [0.25, 0.3) is 0 Å². The van der Waals surface area contributed by atoms with E-state index in [1.807, 2.05) is 12.3 Å². The summed E-state index contributed by atoms with van der Waals surface area (Å²) in [5.41, 5.74) is 4.95. The molecule has 28 heavy (non-hydrogen) atoms. The van der Waals surface area contributed by atoms with E-state index in [-0.39, 0.29) is 0 Å². The molecule has 0 atom stereocenters. The lowest BCUT2D eigenvalue weighted by Crippen LogP contribution is -2.25. The van der Waals surface area contributed by atoms with Crippen molar-refractivity contribution < 1.29 is 0 Å². The van der Waals surface area contributed by atoms with Gasteiger partial charge in [0.05, 0.1) is 0 Å². The van der Waals surface area contributed by atoms with Crippen LogP contribution in [0.3, 0.4) is 0 Å². The van der Waals surface area contributed by atoms with Crippen molar-refractivity contribution in [3.05, 3.63) is 66.4 Å². The van der Waals surface area contributed by atoms with Gasteiger partial charge in [0.25, 0.3) is 0 Å². The van der Waals surface area contributed by atoms with Crippen LogP contribution in [0.2, 0.25) is 0 Å². The standard InChI is InChI=1S/C23H25N5/c1-2-8-21-18(6-1)7-5-17-28(21)22-13-14-24-23(26-22)25-19-9-11-20(12-10-19)27-15-3-4-16-27/h1-2,6,8-14H,3-5,7,15-17H2,(H,24,25,26). The fraction of sp³-hybridized carbons (Fsp3) is 0.304. The number of fused-ring (bicyclic) bond motifs is 1. The quantitative estimate of drug-likeness (QED) is 0.706. The van der Waals surface area contributed by atoms with Gasteiger partial charge in [0.15, 0.2) is 0 Å². The van der Waals surface area contributed by atoms with Crippen molar-refractivity contribution in [1.82, 2.24) is 9.97 Å². The molecule has 2 aliphatic heterocycles. The molecule has 0 unspecified atom stereocenters. The van der Waals surface area contributed by atoms with E-state index in [1.165, 1.54) is 29.8 Å². The predicted octanol–water partition coefficient (Wildman–Crippen LogP) is 4.90. The zero-order valence-corrected chi connectivity index (χ0v) is 16.0. The zero-order chi connectivity index (χ0) is 18.8. The smallest absolute Gasteiger partial charge is 0.229 e. The second-order valence-electron chi connectivity index (χ2n) is 7.49. The number of rotatable bonds is 4. The van der Waals surface area contributed by atoms with Gasteiger partial charge in [0.2, 0.25) is 5.95 Å². The summed E-state index contributed by atoms with van der Waals surface area (Å²) in [5, 5.41) is 3.36. The molecule has 0 bridgehead atoms. The highest BCUT2D eigenvalue weighted by Crippen LogP contribution is 2.32. The van der Waals surface area contributed by atoms with Crippen LogP contribution in [0.5, 0.6) is 0 Å². The summed E-state index contributed by atoms with van der Waals surface area (Å²) < 4.78 is 0.